The van der Waals surface area contributed by atoms with Crippen molar-refractivity contribution in [3.8, 4) is 0 Å². The van der Waals surface area contributed by atoms with E-state index in [0.717, 1.165) is 18.5 Å². The second-order valence-electron chi connectivity index (χ2n) is 7.28. The van der Waals surface area contributed by atoms with Crippen LogP contribution in [0.4, 0.5) is 15.8 Å². The minimum absolute atomic E-state index is 0.0116. The van der Waals surface area contributed by atoms with Gasteiger partial charge in [0, 0.05) is 24.5 Å². The third-order valence-electron chi connectivity index (χ3n) is 4.62. The maximum absolute atomic E-state index is 13.2. The number of halogens is 2. The molecule has 2 aromatic carbocycles. The van der Waals surface area contributed by atoms with E-state index in [2.05, 4.69) is 10.3 Å². The normalized spacial score (nSPS) is 10.8. The molecule has 0 aliphatic heterocycles. The fourth-order valence-electron chi connectivity index (χ4n) is 2.95. The summed E-state index contributed by atoms with van der Waals surface area (Å²) >= 11 is 5.94. The van der Waals surface area contributed by atoms with Crippen LogP contribution in [0.25, 0.3) is 0 Å². The van der Waals surface area contributed by atoms with Gasteiger partial charge in [-0.1, -0.05) is 11.6 Å². The Labute approximate surface area is 193 Å². The Kier molecular flexibility index (Phi) is 7.41. The Morgan fingerprint density at radius 3 is 2.42 bits per heavy atom. The third-order valence-corrected chi connectivity index (χ3v) is 4.94. The monoisotopic (exact) mass is 473 g/mol. The second-order valence-corrected chi connectivity index (χ2v) is 7.69. The Bertz CT molecular complexity index is 1180. The molecule has 0 spiro atoms. The number of nitrogens with zero attached hydrogens (tertiary/aromatic N) is 3. The van der Waals surface area contributed by atoms with Gasteiger partial charge in [0.15, 0.2) is 12.1 Å². The van der Waals surface area contributed by atoms with Crippen molar-refractivity contribution in [2.75, 3.05) is 37.4 Å². The van der Waals surface area contributed by atoms with Gasteiger partial charge >= 0.3 is 0 Å². The van der Waals surface area contributed by atoms with Crippen LogP contribution in [0.3, 0.4) is 0 Å². The number of anilines is 2. The Morgan fingerprint density at radius 1 is 1.12 bits per heavy atom. The number of oxazole rings is 1. The van der Waals surface area contributed by atoms with E-state index in [0.29, 0.717) is 17.9 Å². The van der Waals surface area contributed by atoms with E-state index < -0.39 is 23.5 Å². The van der Waals surface area contributed by atoms with Crippen LogP contribution in [0.1, 0.15) is 31.4 Å². The molecule has 0 aliphatic rings. The van der Waals surface area contributed by atoms with Crippen LogP contribution in [0.5, 0.6) is 0 Å². The molecule has 0 aliphatic carbocycles. The van der Waals surface area contributed by atoms with E-state index in [1.807, 2.05) is 19.0 Å². The lowest BCUT2D eigenvalue weighted by Crippen LogP contribution is -2.37. The number of hydrogen-bond acceptors (Lipinski definition) is 6. The first kappa shape index (κ1) is 23.9. The number of benzene rings is 2. The van der Waals surface area contributed by atoms with E-state index >= 15 is 0 Å². The highest BCUT2D eigenvalue weighted by atomic mass is 35.5. The summed E-state index contributed by atoms with van der Waals surface area (Å²) in [7, 11) is 3.71. The van der Waals surface area contributed by atoms with Gasteiger partial charge in [-0.05, 0) is 56.6 Å². The van der Waals surface area contributed by atoms with Crippen LogP contribution < -0.4 is 16.0 Å². The first-order chi connectivity index (χ1) is 15.7. The molecule has 0 atom stereocenters. The summed E-state index contributed by atoms with van der Waals surface area (Å²) in [6.45, 7) is 0.810. The van der Waals surface area contributed by atoms with Gasteiger partial charge < -0.3 is 25.3 Å². The average molecular weight is 474 g/mol. The van der Waals surface area contributed by atoms with E-state index in [-0.39, 0.29) is 28.6 Å². The molecule has 3 rings (SSSR count). The quantitative estimate of drug-likeness (QED) is 0.518. The van der Waals surface area contributed by atoms with Crippen LogP contribution in [-0.2, 0) is 0 Å². The lowest BCUT2D eigenvalue weighted by molar-refractivity contribution is 0.0940. The summed E-state index contributed by atoms with van der Waals surface area (Å²) in [5, 5.41) is 2.66. The number of nitrogens with one attached hydrogen (secondary N) is 1. The van der Waals surface area contributed by atoms with Crippen LogP contribution in [0, 0.1) is 5.82 Å². The summed E-state index contributed by atoms with van der Waals surface area (Å²) in [6, 6.07) is 9.92. The fourth-order valence-corrected chi connectivity index (χ4v) is 3.20. The first-order valence-corrected chi connectivity index (χ1v) is 10.1. The highest BCUT2D eigenvalue weighted by Crippen LogP contribution is 2.23. The molecule has 1 aromatic heterocycles. The van der Waals surface area contributed by atoms with Crippen molar-refractivity contribution in [2.24, 2.45) is 5.73 Å². The highest BCUT2D eigenvalue weighted by Gasteiger charge is 2.26. The Hall–Kier alpha value is -3.76. The molecule has 0 radical (unpaired) electrons. The molecular weight excluding hydrogens is 453 g/mol. The SMILES string of the molecule is CN(C)CCN(C(=O)c1ncoc1C(N)=O)c1ccc(NC(=O)c2ccc(F)cc2Cl)cc1. The van der Waals surface area contributed by atoms with Gasteiger partial charge in [-0.15, -0.1) is 0 Å². The molecular formula is C22H21ClFN5O4. The van der Waals surface area contributed by atoms with Gasteiger partial charge in [-0.25, -0.2) is 9.37 Å². The predicted molar refractivity (Wildman–Crippen MR) is 121 cm³/mol. The summed E-state index contributed by atoms with van der Waals surface area (Å²) < 4.78 is 18.2. The number of nitrogens with two attached hydrogens (primary N) is 1. The molecule has 3 N–H and O–H groups in total. The molecule has 9 nitrogen and oxygen atoms in total. The lowest BCUT2D eigenvalue weighted by Gasteiger charge is -2.24. The first-order valence-electron chi connectivity index (χ1n) is 9.73. The van der Waals surface area contributed by atoms with Gasteiger partial charge in [-0.3, -0.25) is 14.4 Å². The zero-order valence-corrected chi connectivity index (χ0v) is 18.6. The minimum atomic E-state index is -0.902. The largest absolute Gasteiger partial charge is 0.437 e. The van der Waals surface area contributed by atoms with Crippen LogP contribution in [-0.4, -0.2) is 54.8 Å². The zero-order valence-electron chi connectivity index (χ0n) is 17.8. The molecule has 172 valence electrons. The third kappa shape index (κ3) is 5.73. The van der Waals surface area contributed by atoms with E-state index in [9.17, 15) is 18.8 Å². The number of carbonyl (C=O) groups excluding carboxylic acids is 3. The van der Waals surface area contributed by atoms with Crippen LogP contribution in [0.2, 0.25) is 5.02 Å². The molecule has 0 fully saturated rings. The molecule has 3 amide bonds. The van der Waals surface area contributed by atoms with Gasteiger partial charge in [0.05, 0.1) is 10.6 Å². The van der Waals surface area contributed by atoms with Crippen LogP contribution >= 0.6 is 11.6 Å². The van der Waals surface area contributed by atoms with E-state index in [1.54, 1.807) is 24.3 Å². The smallest absolute Gasteiger partial charge is 0.287 e. The maximum Gasteiger partial charge on any atom is 0.287 e. The molecule has 1 heterocycles. The number of primary amides is 1. The molecule has 0 bridgehead atoms. The van der Waals surface area contributed by atoms with Crippen molar-refractivity contribution < 1.29 is 23.2 Å². The second kappa shape index (κ2) is 10.2. The van der Waals surface area contributed by atoms with Crippen molar-refractivity contribution in [2.45, 2.75) is 0 Å². The van der Waals surface area contributed by atoms with Crippen molar-refractivity contribution in [1.82, 2.24) is 9.88 Å². The summed E-state index contributed by atoms with van der Waals surface area (Å²) in [5.41, 5.74) is 6.13. The molecule has 11 heteroatoms. The van der Waals surface area contributed by atoms with E-state index in [4.69, 9.17) is 21.8 Å². The zero-order chi connectivity index (χ0) is 24.1. The Balaban J connectivity index is 1.83. The van der Waals surface area contributed by atoms with E-state index in [1.165, 1.54) is 11.0 Å². The minimum Gasteiger partial charge on any atom is -0.437 e. The van der Waals surface area contributed by atoms with Gasteiger partial charge in [-0.2, -0.15) is 0 Å². The number of aromatic nitrogens is 1. The molecule has 0 saturated heterocycles. The number of carbonyl (C=O) groups is 3. The average Bonchev–Trinajstić information content (AvgIpc) is 3.25. The number of amides is 3. The van der Waals surface area contributed by atoms with Crippen LogP contribution in [0.15, 0.2) is 53.3 Å². The molecule has 33 heavy (non-hydrogen) atoms. The van der Waals surface area contributed by atoms with Crippen molar-refractivity contribution in [1.29, 1.82) is 0 Å². The summed E-state index contributed by atoms with van der Waals surface area (Å²) in [6.07, 6.45) is 0.983. The fraction of sp³-hybridized carbons (Fsp3) is 0.182. The molecule has 3 aromatic rings. The maximum atomic E-state index is 13.2. The summed E-state index contributed by atoms with van der Waals surface area (Å²) in [4.78, 5) is 44.3. The van der Waals surface area contributed by atoms with Crippen molar-refractivity contribution in [3.05, 3.63) is 76.7 Å². The Morgan fingerprint density at radius 2 is 1.82 bits per heavy atom. The summed E-state index contributed by atoms with van der Waals surface area (Å²) in [5.74, 6) is -2.85. The topological polar surface area (TPSA) is 122 Å². The van der Waals surface area contributed by atoms with Gasteiger partial charge in [0.25, 0.3) is 17.7 Å². The standard InChI is InChI=1S/C22H21ClFN5O4/c1-28(2)9-10-29(22(32)18-19(20(25)30)33-12-26-18)15-6-4-14(5-7-15)27-21(31)16-8-3-13(24)11-17(16)23/h3-8,11-12H,9-10H2,1-2H3,(H2,25,30)(H,27,31). The number of likely N-dealkylation sites (N-methyl/N-ethyl adjacent to an activating group) is 1. The van der Waals surface area contributed by atoms with Gasteiger partial charge in [0.1, 0.15) is 5.82 Å². The predicted octanol–water partition coefficient (Wildman–Crippen LogP) is 3.03. The highest BCUT2D eigenvalue weighted by molar-refractivity contribution is 6.34. The lowest BCUT2D eigenvalue weighted by atomic mass is 10.2. The molecule has 0 unspecified atom stereocenters. The van der Waals surface area contributed by atoms with Crippen molar-refractivity contribution in [3.63, 3.8) is 0 Å². The van der Waals surface area contributed by atoms with Gasteiger partial charge in [0.2, 0.25) is 5.76 Å². The van der Waals surface area contributed by atoms with Crippen molar-refractivity contribution >= 4 is 40.7 Å². The molecule has 0 saturated carbocycles. The number of rotatable bonds is 8. The number of hydrogen-bond donors (Lipinski definition) is 2.